The second-order valence-electron chi connectivity index (χ2n) is 5.78. The van der Waals surface area contributed by atoms with Gasteiger partial charge in [0.25, 0.3) is 0 Å². The first kappa shape index (κ1) is 19.7. The Morgan fingerprint density at radius 2 is 2.17 bits per heavy atom. The second kappa shape index (κ2) is 6.96. The van der Waals surface area contributed by atoms with Crippen molar-refractivity contribution in [2.75, 3.05) is 5.75 Å². The van der Waals surface area contributed by atoms with Gasteiger partial charge in [-0.25, -0.2) is 4.68 Å². The van der Waals surface area contributed by atoms with Crippen LogP contribution in [0.2, 0.25) is 0 Å². The van der Waals surface area contributed by atoms with E-state index in [1.165, 1.54) is 33.1 Å². The number of nitrogens with zero attached hydrogens (tertiary/aromatic N) is 5. The van der Waals surface area contributed by atoms with Crippen molar-refractivity contribution in [3.8, 4) is 0 Å². The first-order chi connectivity index (χ1) is 10.7. The van der Waals surface area contributed by atoms with Crippen molar-refractivity contribution in [3.63, 3.8) is 0 Å². The van der Waals surface area contributed by atoms with Crippen molar-refractivity contribution in [1.82, 2.24) is 25.1 Å². The Kier molecular flexibility index (Phi) is 5.72. The largest absolute Gasteiger partial charge is 1.00 e. The van der Waals surface area contributed by atoms with Gasteiger partial charge in [0.1, 0.15) is 5.37 Å². The third kappa shape index (κ3) is 3.25. The number of aliphatic hydroxyl groups is 1. The van der Waals surface area contributed by atoms with Gasteiger partial charge in [0.05, 0.1) is 23.2 Å². The summed E-state index contributed by atoms with van der Waals surface area (Å²) in [5.41, 5.74) is -1.33. The Hall–Kier alpha value is -0.590. The molecule has 3 rings (SSSR count). The summed E-state index contributed by atoms with van der Waals surface area (Å²) >= 11 is 2.54. The summed E-state index contributed by atoms with van der Waals surface area (Å²) < 4.78 is 1.48. The first-order valence-corrected chi connectivity index (χ1v) is 8.60. The minimum atomic E-state index is -1.39. The second-order valence-corrected chi connectivity index (χ2v) is 7.93. The number of carboxylic acids is 1. The van der Waals surface area contributed by atoms with Gasteiger partial charge >= 0.3 is 29.6 Å². The molecule has 0 bridgehead atoms. The Balaban J connectivity index is 0.00000208. The number of thioether (sulfide) groups is 2. The third-order valence-corrected chi connectivity index (χ3v) is 6.25. The van der Waals surface area contributed by atoms with Crippen molar-refractivity contribution in [3.05, 3.63) is 10.6 Å². The number of carboxylic acid groups (broad SMARTS) is 1. The van der Waals surface area contributed by atoms with Crippen LogP contribution in [-0.2, 0) is 16.6 Å². The molecule has 0 aliphatic carbocycles. The molecule has 0 unspecified atom stereocenters. The van der Waals surface area contributed by atoms with Crippen LogP contribution >= 0.6 is 23.5 Å². The number of amides is 1. The number of tetrazole rings is 1. The van der Waals surface area contributed by atoms with Crippen LogP contribution in [0.15, 0.2) is 15.8 Å². The van der Waals surface area contributed by atoms with E-state index in [-0.39, 0.29) is 35.3 Å². The summed E-state index contributed by atoms with van der Waals surface area (Å²) in [5, 5.41) is 32.7. The fraction of sp³-hybridized carbons (Fsp3) is 0.583. The van der Waals surface area contributed by atoms with Gasteiger partial charge in [0.2, 0.25) is 11.1 Å². The molecule has 24 heavy (non-hydrogen) atoms. The number of carbonyl (C=O) groups is 2. The van der Waals surface area contributed by atoms with Crippen LogP contribution in [0.3, 0.4) is 0 Å². The minimum absolute atomic E-state index is 0. The summed E-state index contributed by atoms with van der Waals surface area (Å²) in [4.78, 5) is 25.4. The standard InChI is InChI=1S/C12H15N5O4S2.Na/c1-12(2,21)6-8(18)17-7(10(19)20)5(23-9(6)17)4-22-11-13-14-15-16(11)3;/h6,9,21H,4H2,1-3H3,(H,19,20);/q;+1/p-1/t6-,9-;/m1./s1. The predicted molar refractivity (Wildman–Crippen MR) is 79.6 cm³/mol. The molecule has 1 aromatic heterocycles. The topological polar surface area (TPSA) is 124 Å². The van der Waals surface area contributed by atoms with Gasteiger partial charge in [-0.1, -0.05) is 11.8 Å². The molecule has 0 radical (unpaired) electrons. The average molecular weight is 379 g/mol. The predicted octanol–water partition coefficient (Wildman–Crippen LogP) is -4.43. The summed E-state index contributed by atoms with van der Waals surface area (Å²) in [6, 6.07) is 0. The van der Waals surface area contributed by atoms with Crippen molar-refractivity contribution in [2.24, 2.45) is 13.0 Å². The average Bonchev–Trinajstić information content (AvgIpc) is 2.96. The molecule has 124 valence electrons. The zero-order valence-electron chi connectivity index (χ0n) is 13.6. The number of aromatic nitrogens is 4. The smallest absolute Gasteiger partial charge is 0.543 e. The number of hydrogen-bond donors (Lipinski definition) is 1. The number of aliphatic carboxylic acids is 1. The van der Waals surface area contributed by atoms with Gasteiger partial charge in [-0.2, -0.15) is 0 Å². The van der Waals surface area contributed by atoms with Crippen LogP contribution in [0.1, 0.15) is 13.8 Å². The summed E-state index contributed by atoms with van der Waals surface area (Å²) in [5.74, 6) is -2.12. The Morgan fingerprint density at radius 3 is 2.67 bits per heavy atom. The first-order valence-electron chi connectivity index (χ1n) is 6.73. The molecule has 12 heteroatoms. The van der Waals surface area contributed by atoms with Crippen LogP contribution in [0, 0.1) is 5.92 Å². The monoisotopic (exact) mass is 379 g/mol. The van der Waals surface area contributed by atoms with Gasteiger partial charge in [-0.3, -0.25) is 9.69 Å². The van der Waals surface area contributed by atoms with Crippen molar-refractivity contribution in [2.45, 2.75) is 30.0 Å². The number of carbonyl (C=O) groups excluding carboxylic acids is 2. The Bertz CT molecular complexity index is 717. The van der Waals surface area contributed by atoms with E-state index in [2.05, 4.69) is 15.5 Å². The Morgan fingerprint density at radius 1 is 1.50 bits per heavy atom. The van der Waals surface area contributed by atoms with E-state index in [1.54, 1.807) is 20.9 Å². The maximum atomic E-state index is 12.2. The molecule has 9 nitrogen and oxygen atoms in total. The van der Waals surface area contributed by atoms with E-state index in [1.807, 2.05) is 0 Å². The number of fused-ring (bicyclic) bond motifs is 1. The maximum Gasteiger partial charge on any atom is 1.00 e. The van der Waals surface area contributed by atoms with E-state index < -0.39 is 28.8 Å². The summed E-state index contributed by atoms with van der Waals surface area (Å²) in [6.07, 6.45) is 0. The van der Waals surface area contributed by atoms with E-state index >= 15 is 0 Å². The molecule has 1 saturated heterocycles. The normalized spacial score (nSPS) is 23.0. The Labute approximate surface area is 168 Å². The molecule has 0 saturated carbocycles. The van der Waals surface area contributed by atoms with Crippen LogP contribution in [-0.4, -0.2) is 58.8 Å². The number of β-lactam (4-membered cyclic amide) rings is 1. The molecule has 2 atom stereocenters. The van der Waals surface area contributed by atoms with Crippen molar-refractivity contribution >= 4 is 35.4 Å². The molecular weight excluding hydrogens is 365 g/mol. The molecule has 2 aliphatic heterocycles. The number of rotatable bonds is 5. The van der Waals surface area contributed by atoms with E-state index in [0.717, 1.165) is 0 Å². The van der Waals surface area contributed by atoms with Crippen LogP contribution in [0.5, 0.6) is 0 Å². The van der Waals surface area contributed by atoms with Crippen LogP contribution in [0.4, 0.5) is 0 Å². The van der Waals surface area contributed by atoms with Crippen LogP contribution < -0.4 is 34.7 Å². The fourth-order valence-electron chi connectivity index (χ4n) is 2.60. The number of aryl methyl sites for hydroxylation is 1. The van der Waals surface area contributed by atoms with E-state index in [4.69, 9.17) is 0 Å². The van der Waals surface area contributed by atoms with Gasteiger partial charge in [-0.15, -0.1) is 16.9 Å². The number of hydrogen-bond acceptors (Lipinski definition) is 9. The molecule has 1 amide bonds. The molecule has 0 spiro atoms. The molecule has 0 aromatic carbocycles. The SMILES string of the molecule is Cn1nnnc1SCC1=C(C(=O)[O-])N2C(=O)[C@@H](C(C)(C)O)[C@H]2S1.[Na+]. The maximum absolute atomic E-state index is 12.2. The quantitative estimate of drug-likeness (QED) is 0.306. The van der Waals surface area contributed by atoms with E-state index in [0.29, 0.717) is 15.8 Å². The molecule has 2 aliphatic rings. The van der Waals surface area contributed by atoms with Crippen molar-refractivity contribution < 1.29 is 49.4 Å². The summed E-state index contributed by atoms with van der Waals surface area (Å²) in [7, 11) is 1.68. The summed E-state index contributed by atoms with van der Waals surface area (Å²) in [6.45, 7) is 3.09. The van der Waals surface area contributed by atoms with Crippen molar-refractivity contribution in [1.29, 1.82) is 0 Å². The molecule has 1 fully saturated rings. The van der Waals surface area contributed by atoms with E-state index in [9.17, 15) is 19.8 Å². The minimum Gasteiger partial charge on any atom is -0.543 e. The van der Waals surface area contributed by atoms with Gasteiger partial charge in [0.15, 0.2) is 0 Å². The van der Waals surface area contributed by atoms with Crippen LogP contribution in [0.25, 0.3) is 0 Å². The zero-order valence-corrected chi connectivity index (χ0v) is 17.2. The molecule has 1 aromatic rings. The molecule has 1 N–H and O–H groups in total. The fourth-order valence-corrected chi connectivity index (χ4v) is 5.25. The molecule has 3 heterocycles. The molecular formula is C12H14N5NaO4S2. The van der Waals surface area contributed by atoms with Gasteiger partial charge in [-0.05, 0) is 24.3 Å². The van der Waals surface area contributed by atoms with Gasteiger partial charge in [0, 0.05) is 17.7 Å². The zero-order chi connectivity index (χ0) is 16.9. The van der Waals surface area contributed by atoms with Gasteiger partial charge < -0.3 is 15.0 Å². The third-order valence-electron chi connectivity index (χ3n) is 3.68.